The second-order valence-electron chi connectivity index (χ2n) is 3.66. The Morgan fingerprint density at radius 3 is 2.30 bits per heavy atom. The van der Waals surface area contributed by atoms with Gasteiger partial charge < -0.3 is 20.4 Å². The van der Waals surface area contributed by atoms with Gasteiger partial charge in [0.05, 0.1) is 0 Å². The van der Waals surface area contributed by atoms with Gasteiger partial charge in [0.15, 0.2) is 0 Å². The number of alkyl halides is 3. The van der Waals surface area contributed by atoms with Gasteiger partial charge in [-0.1, -0.05) is 0 Å². The van der Waals surface area contributed by atoms with Gasteiger partial charge in [-0.05, 0) is 6.42 Å². The number of rotatable bonds is 5. The molecule has 112 valence electrons. The molecule has 0 spiro atoms. The van der Waals surface area contributed by atoms with Gasteiger partial charge >= 0.3 is 18.1 Å². The van der Waals surface area contributed by atoms with Crippen LogP contribution in [-0.2, 0) is 9.59 Å². The standard InChI is InChI=1S/C10H11F3N2O5/c11-10(12,13)9(19)14-5-1-2-8(18)20-15-6(16)3-4-7(15)17/h3-4,16-17H,1-2,5H2,(H,14,19). The van der Waals surface area contributed by atoms with E-state index in [1.165, 1.54) is 0 Å². The van der Waals surface area contributed by atoms with Crippen LogP contribution in [-0.4, -0.2) is 39.5 Å². The van der Waals surface area contributed by atoms with E-state index in [2.05, 4.69) is 4.84 Å². The van der Waals surface area contributed by atoms with Crippen LogP contribution in [0.15, 0.2) is 12.1 Å². The fourth-order valence-electron chi connectivity index (χ4n) is 1.18. The summed E-state index contributed by atoms with van der Waals surface area (Å²) in [4.78, 5) is 26.2. The van der Waals surface area contributed by atoms with Gasteiger partial charge in [0.25, 0.3) is 0 Å². The molecular formula is C10H11F3N2O5. The van der Waals surface area contributed by atoms with Gasteiger partial charge in [0.1, 0.15) is 0 Å². The van der Waals surface area contributed by atoms with Crippen LogP contribution in [0.1, 0.15) is 12.8 Å². The van der Waals surface area contributed by atoms with Crippen LogP contribution in [0.5, 0.6) is 11.8 Å². The molecule has 0 atom stereocenters. The number of nitrogens with one attached hydrogen (secondary N) is 1. The Labute approximate surface area is 110 Å². The lowest BCUT2D eigenvalue weighted by molar-refractivity contribution is -0.173. The number of nitrogens with zero attached hydrogens (tertiary/aromatic N) is 1. The van der Waals surface area contributed by atoms with Crippen molar-refractivity contribution < 1.29 is 37.8 Å². The van der Waals surface area contributed by atoms with Crippen molar-refractivity contribution >= 4 is 11.9 Å². The highest BCUT2D eigenvalue weighted by atomic mass is 19.4. The van der Waals surface area contributed by atoms with Crippen LogP contribution >= 0.6 is 0 Å². The van der Waals surface area contributed by atoms with Gasteiger partial charge in [-0.3, -0.25) is 4.79 Å². The maximum atomic E-state index is 11.8. The number of aromatic hydroxyl groups is 2. The molecule has 0 saturated carbocycles. The summed E-state index contributed by atoms with van der Waals surface area (Å²) in [6.07, 6.45) is -5.37. The van der Waals surface area contributed by atoms with Crippen LogP contribution in [0.2, 0.25) is 0 Å². The number of aromatic nitrogens is 1. The molecule has 0 aromatic carbocycles. The third-order valence-corrected chi connectivity index (χ3v) is 2.09. The summed E-state index contributed by atoms with van der Waals surface area (Å²) < 4.78 is 35.9. The minimum absolute atomic E-state index is 0.0938. The number of carbonyl (C=O) groups is 2. The zero-order valence-corrected chi connectivity index (χ0v) is 9.98. The first-order valence-corrected chi connectivity index (χ1v) is 5.37. The molecule has 0 aliphatic rings. The van der Waals surface area contributed by atoms with E-state index in [1.54, 1.807) is 5.32 Å². The molecule has 0 aliphatic carbocycles. The molecular weight excluding hydrogens is 285 g/mol. The Morgan fingerprint density at radius 1 is 1.25 bits per heavy atom. The van der Waals surface area contributed by atoms with Crippen LogP contribution in [0.3, 0.4) is 0 Å². The number of carbonyl (C=O) groups excluding carboxylic acids is 2. The van der Waals surface area contributed by atoms with E-state index in [4.69, 9.17) is 10.2 Å². The largest absolute Gasteiger partial charge is 0.492 e. The fraction of sp³-hybridized carbons (Fsp3) is 0.400. The molecule has 0 fully saturated rings. The van der Waals surface area contributed by atoms with Crippen molar-refractivity contribution in [3.63, 3.8) is 0 Å². The molecule has 7 nitrogen and oxygen atoms in total. The molecule has 0 saturated heterocycles. The highest BCUT2D eigenvalue weighted by Crippen LogP contribution is 2.18. The fourth-order valence-corrected chi connectivity index (χ4v) is 1.18. The summed E-state index contributed by atoms with van der Waals surface area (Å²) in [5.74, 6) is -4.01. The Morgan fingerprint density at radius 2 is 1.80 bits per heavy atom. The smallest absolute Gasteiger partial charge is 0.471 e. The number of hydrogen-bond acceptors (Lipinski definition) is 5. The lowest BCUT2D eigenvalue weighted by Gasteiger charge is -2.08. The van der Waals surface area contributed by atoms with Crippen molar-refractivity contribution in [3.8, 4) is 11.8 Å². The highest BCUT2D eigenvalue weighted by molar-refractivity contribution is 5.81. The quantitative estimate of drug-likeness (QED) is 0.679. The Kier molecular flexibility index (Phi) is 4.83. The van der Waals surface area contributed by atoms with E-state index in [0.29, 0.717) is 4.73 Å². The first-order chi connectivity index (χ1) is 9.21. The second-order valence-corrected chi connectivity index (χ2v) is 3.66. The number of halogens is 3. The Balaban J connectivity index is 2.30. The molecule has 0 bridgehead atoms. The van der Waals surface area contributed by atoms with E-state index < -0.39 is 29.8 Å². The van der Waals surface area contributed by atoms with E-state index in [1.807, 2.05) is 0 Å². The topological polar surface area (TPSA) is 101 Å². The summed E-state index contributed by atoms with van der Waals surface area (Å²) in [5.41, 5.74) is 0. The average Bonchev–Trinajstić information content (AvgIpc) is 2.65. The van der Waals surface area contributed by atoms with Gasteiger partial charge in [-0.25, -0.2) is 4.79 Å². The first-order valence-electron chi connectivity index (χ1n) is 5.37. The predicted molar refractivity (Wildman–Crippen MR) is 57.6 cm³/mol. The highest BCUT2D eigenvalue weighted by Gasteiger charge is 2.38. The molecule has 1 aromatic heterocycles. The van der Waals surface area contributed by atoms with E-state index >= 15 is 0 Å². The third kappa shape index (κ3) is 4.37. The normalized spacial score (nSPS) is 11.2. The van der Waals surface area contributed by atoms with Crippen molar-refractivity contribution in [1.82, 2.24) is 10.0 Å². The maximum absolute atomic E-state index is 11.8. The van der Waals surface area contributed by atoms with E-state index in [-0.39, 0.29) is 19.4 Å². The van der Waals surface area contributed by atoms with Crippen LogP contribution in [0.25, 0.3) is 0 Å². The van der Waals surface area contributed by atoms with Crippen molar-refractivity contribution in [2.45, 2.75) is 19.0 Å². The van der Waals surface area contributed by atoms with Crippen LogP contribution in [0, 0.1) is 0 Å². The summed E-state index contributed by atoms with van der Waals surface area (Å²) in [6.45, 7) is -0.364. The molecule has 0 aliphatic heterocycles. The molecule has 20 heavy (non-hydrogen) atoms. The minimum atomic E-state index is -4.97. The Hall–Kier alpha value is -2.39. The van der Waals surface area contributed by atoms with Gasteiger partial charge in [0, 0.05) is 25.1 Å². The lowest BCUT2D eigenvalue weighted by Crippen LogP contribution is -2.37. The molecule has 3 N–H and O–H groups in total. The van der Waals surface area contributed by atoms with Gasteiger partial charge in [-0.15, -0.1) is 4.73 Å². The van der Waals surface area contributed by atoms with Crippen LogP contribution < -0.4 is 10.2 Å². The zero-order valence-electron chi connectivity index (χ0n) is 9.98. The number of amides is 1. The third-order valence-electron chi connectivity index (χ3n) is 2.09. The lowest BCUT2D eigenvalue weighted by atomic mass is 10.3. The summed E-state index contributed by atoms with van der Waals surface area (Å²) in [5, 5.41) is 19.9. The summed E-state index contributed by atoms with van der Waals surface area (Å²) in [7, 11) is 0. The predicted octanol–water partition coefficient (Wildman–Crippen LogP) is 0.313. The molecule has 1 rings (SSSR count). The van der Waals surface area contributed by atoms with Gasteiger partial charge in [-0.2, -0.15) is 13.2 Å². The zero-order chi connectivity index (χ0) is 15.3. The molecule has 0 radical (unpaired) electrons. The van der Waals surface area contributed by atoms with Crippen LogP contribution in [0.4, 0.5) is 13.2 Å². The van der Waals surface area contributed by atoms with Crippen molar-refractivity contribution in [3.05, 3.63) is 12.1 Å². The SMILES string of the molecule is O=C(CCCNC(=O)C(F)(F)F)On1c(O)ccc1O. The number of hydrogen-bond donors (Lipinski definition) is 3. The molecule has 0 unspecified atom stereocenters. The molecule has 1 amide bonds. The molecule has 1 heterocycles. The van der Waals surface area contributed by atoms with Crippen molar-refractivity contribution in [2.75, 3.05) is 6.54 Å². The monoisotopic (exact) mass is 296 g/mol. The molecule has 10 heteroatoms. The summed E-state index contributed by atoms with van der Waals surface area (Å²) in [6, 6.07) is 2.15. The summed E-state index contributed by atoms with van der Waals surface area (Å²) >= 11 is 0. The van der Waals surface area contributed by atoms with E-state index in [9.17, 15) is 22.8 Å². The Bertz CT molecular complexity index is 478. The maximum Gasteiger partial charge on any atom is 0.471 e. The molecule has 1 aromatic rings. The first kappa shape index (κ1) is 15.7. The average molecular weight is 296 g/mol. The second kappa shape index (κ2) is 6.17. The van der Waals surface area contributed by atoms with Gasteiger partial charge in [0.2, 0.25) is 11.8 Å². The van der Waals surface area contributed by atoms with Crippen molar-refractivity contribution in [2.24, 2.45) is 0 Å². The minimum Gasteiger partial charge on any atom is -0.492 e. The van der Waals surface area contributed by atoms with Crippen molar-refractivity contribution in [1.29, 1.82) is 0 Å². The van der Waals surface area contributed by atoms with E-state index in [0.717, 1.165) is 12.1 Å².